The minimum absolute atomic E-state index is 0.0446. The Kier molecular flexibility index (Phi) is 2.97. The molecule has 7 nitrogen and oxygen atoms in total. The number of nitro benzene ring substituents is 1. The maximum atomic E-state index is 11.7. The number of benzene rings is 1. The fraction of sp³-hybridized carbons (Fsp3) is 0.273. The molecule has 1 saturated heterocycles. The zero-order chi connectivity index (χ0) is 13.3. The van der Waals surface area contributed by atoms with Crippen LogP contribution in [-0.2, 0) is 9.59 Å². The van der Waals surface area contributed by atoms with Gasteiger partial charge in [-0.2, -0.15) is 0 Å². The quantitative estimate of drug-likeness (QED) is 0.619. The summed E-state index contributed by atoms with van der Waals surface area (Å²) in [5.41, 5.74) is 5.65. The maximum Gasteiger partial charge on any atom is 0.269 e. The van der Waals surface area contributed by atoms with Crippen molar-refractivity contribution in [1.82, 2.24) is 0 Å². The molecule has 0 aromatic heterocycles. The van der Waals surface area contributed by atoms with E-state index in [0.29, 0.717) is 5.69 Å². The van der Waals surface area contributed by atoms with Crippen LogP contribution in [-0.4, -0.2) is 23.3 Å². The Morgan fingerprint density at radius 2 is 2.00 bits per heavy atom. The number of amides is 2. The number of nitro groups is 1. The van der Waals surface area contributed by atoms with Gasteiger partial charge in [0.05, 0.1) is 10.8 Å². The van der Waals surface area contributed by atoms with Gasteiger partial charge in [-0.1, -0.05) is 0 Å². The van der Waals surface area contributed by atoms with E-state index < -0.39 is 16.7 Å². The summed E-state index contributed by atoms with van der Waals surface area (Å²) in [4.78, 5) is 34.1. The summed E-state index contributed by atoms with van der Waals surface area (Å²) in [6.07, 6.45) is 0.0896. The molecule has 1 aliphatic heterocycles. The summed E-state index contributed by atoms with van der Waals surface area (Å²) in [5.74, 6) is -1.20. The Hall–Kier alpha value is -2.44. The molecule has 0 aliphatic carbocycles. The van der Waals surface area contributed by atoms with E-state index in [1.54, 1.807) is 0 Å². The number of non-ortho nitro benzene ring substituents is 1. The molecule has 1 aliphatic rings. The Morgan fingerprint density at radius 1 is 1.39 bits per heavy atom. The molecule has 0 radical (unpaired) electrons. The molecule has 1 atom stereocenters. The number of anilines is 1. The van der Waals surface area contributed by atoms with E-state index in [1.807, 2.05) is 0 Å². The highest BCUT2D eigenvalue weighted by molar-refractivity contribution is 6.00. The number of nitrogens with zero attached hydrogens (tertiary/aromatic N) is 2. The van der Waals surface area contributed by atoms with E-state index in [9.17, 15) is 19.7 Å². The number of carbonyl (C=O) groups is 2. The van der Waals surface area contributed by atoms with Crippen molar-refractivity contribution in [3.8, 4) is 0 Å². The molecule has 1 fully saturated rings. The second kappa shape index (κ2) is 4.44. The fourth-order valence-electron chi connectivity index (χ4n) is 1.90. The van der Waals surface area contributed by atoms with E-state index in [0.717, 1.165) is 0 Å². The van der Waals surface area contributed by atoms with Crippen LogP contribution < -0.4 is 10.6 Å². The van der Waals surface area contributed by atoms with Crippen molar-refractivity contribution >= 4 is 23.2 Å². The standard InChI is InChI=1S/C11H11N3O4/c12-11(16)7-5-10(15)13(6-7)8-1-3-9(4-2-8)14(17)18/h1-4,7H,5-6H2,(H2,12,16). The minimum atomic E-state index is -0.512. The van der Waals surface area contributed by atoms with Crippen LogP contribution in [0.15, 0.2) is 24.3 Å². The average molecular weight is 249 g/mol. The zero-order valence-corrected chi connectivity index (χ0v) is 9.41. The first kappa shape index (κ1) is 12.0. The predicted molar refractivity (Wildman–Crippen MR) is 62.8 cm³/mol. The lowest BCUT2D eigenvalue weighted by atomic mass is 10.1. The van der Waals surface area contributed by atoms with E-state index in [4.69, 9.17) is 5.73 Å². The number of primary amides is 1. The molecule has 1 heterocycles. The third-order valence-electron chi connectivity index (χ3n) is 2.90. The van der Waals surface area contributed by atoms with Crippen LogP contribution in [0, 0.1) is 16.0 Å². The molecule has 1 aromatic rings. The Bertz CT molecular complexity index is 512. The van der Waals surface area contributed by atoms with Crippen LogP contribution in [0.5, 0.6) is 0 Å². The van der Waals surface area contributed by atoms with Gasteiger partial charge in [0.1, 0.15) is 0 Å². The molecule has 94 valence electrons. The van der Waals surface area contributed by atoms with Crippen molar-refractivity contribution in [2.75, 3.05) is 11.4 Å². The number of carbonyl (C=O) groups excluding carboxylic acids is 2. The summed E-state index contributed by atoms with van der Waals surface area (Å²) in [7, 11) is 0. The molecule has 0 saturated carbocycles. The molecular weight excluding hydrogens is 238 g/mol. The molecule has 2 N–H and O–H groups in total. The van der Waals surface area contributed by atoms with Crippen LogP contribution in [0.25, 0.3) is 0 Å². The molecule has 1 aromatic carbocycles. The van der Waals surface area contributed by atoms with Gasteiger partial charge in [0, 0.05) is 30.8 Å². The molecule has 18 heavy (non-hydrogen) atoms. The topological polar surface area (TPSA) is 107 Å². The van der Waals surface area contributed by atoms with Gasteiger partial charge in [-0.15, -0.1) is 0 Å². The molecule has 2 amide bonds. The SMILES string of the molecule is NC(=O)C1CC(=O)N(c2ccc([N+](=O)[O-])cc2)C1. The number of rotatable bonds is 3. The third kappa shape index (κ3) is 2.15. The second-order valence-electron chi connectivity index (χ2n) is 4.08. The number of nitrogens with two attached hydrogens (primary N) is 1. The van der Waals surface area contributed by atoms with Gasteiger partial charge in [-0.3, -0.25) is 19.7 Å². The zero-order valence-electron chi connectivity index (χ0n) is 9.41. The Morgan fingerprint density at radius 3 is 2.44 bits per heavy atom. The van der Waals surface area contributed by atoms with Gasteiger partial charge in [0.2, 0.25) is 11.8 Å². The second-order valence-corrected chi connectivity index (χ2v) is 4.08. The molecule has 0 spiro atoms. The van der Waals surface area contributed by atoms with Crippen LogP contribution in [0.3, 0.4) is 0 Å². The summed E-state index contributed by atoms with van der Waals surface area (Å²) >= 11 is 0. The maximum absolute atomic E-state index is 11.7. The van der Waals surface area contributed by atoms with Crippen LogP contribution in [0.1, 0.15) is 6.42 Å². The van der Waals surface area contributed by atoms with Crippen molar-refractivity contribution < 1.29 is 14.5 Å². The highest BCUT2D eigenvalue weighted by Crippen LogP contribution is 2.26. The van der Waals surface area contributed by atoms with Crippen LogP contribution in [0.2, 0.25) is 0 Å². The molecular formula is C11H11N3O4. The smallest absolute Gasteiger partial charge is 0.269 e. The van der Waals surface area contributed by atoms with E-state index in [-0.39, 0.29) is 24.6 Å². The lowest BCUT2D eigenvalue weighted by Gasteiger charge is -2.15. The van der Waals surface area contributed by atoms with E-state index in [2.05, 4.69) is 0 Å². The normalized spacial score (nSPS) is 19.0. The monoisotopic (exact) mass is 249 g/mol. The lowest BCUT2D eigenvalue weighted by molar-refractivity contribution is -0.384. The molecule has 2 rings (SSSR count). The predicted octanol–water partition coefficient (Wildman–Crippen LogP) is 0.433. The Labute approximate surface area is 102 Å². The van der Waals surface area contributed by atoms with Gasteiger partial charge < -0.3 is 10.6 Å². The molecule has 1 unspecified atom stereocenters. The lowest BCUT2D eigenvalue weighted by Crippen LogP contribution is -2.28. The van der Waals surface area contributed by atoms with Crippen molar-refractivity contribution in [3.05, 3.63) is 34.4 Å². The Balaban J connectivity index is 2.19. The first-order valence-electron chi connectivity index (χ1n) is 5.33. The summed E-state index contributed by atoms with van der Waals surface area (Å²) in [5, 5.41) is 10.5. The van der Waals surface area contributed by atoms with Crippen molar-refractivity contribution in [1.29, 1.82) is 0 Å². The van der Waals surface area contributed by atoms with Crippen molar-refractivity contribution in [2.45, 2.75) is 6.42 Å². The van der Waals surface area contributed by atoms with Crippen LogP contribution >= 0.6 is 0 Å². The highest BCUT2D eigenvalue weighted by Gasteiger charge is 2.33. The molecule has 0 bridgehead atoms. The first-order valence-corrected chi connectivity index (χ1v) is 5.33. The summed E-state index contributed by atoms with van der Waals surface area (Å²) in [6.45, 7) is 0.228. The first-order chi connectivity index (χ1) is 8.49. The van der Waals surface area contributed by atoms with Gasteiger partial charge in [-0.05, 0) is 12.1 Å². The average Bonchev–Trinajstić information content (AvgIpc) is 2.71. The largest absolute Gasteiger partial charge is 0.369 e. The number of hydrogen-bond donors (Lipinski definition) is 1. The number of hydrogen-bond acceptors (Lipinski definition) is 4. The van der Waals surface area contributed by atoms with Crippen molar-refractivity contribution in [3.63, 3.8) is 0 Å². The van der Waals surface area contributed by atoms with Gasteiger partial charge in [-0.25, -0.2) is 0 Å². The van der Waals surface area contributed by atoms with Crippen LogP contribution in [0.4, 0.5) is 11.4 Å². The molecule has 7 heteroatoms. The fourth-order valence-corrected chi connectivity index (χ4v) is 1.90. The van der Waals surface area contributed by atoms with Gasteiger partial charge >= 0.3 is 0 Å². The van der Waals surface area contributed by atoms with E-state index in [1.165, 1.54) is 29.2 Å². The minimum Gasteiger partial charge on any atom is -0.369 e. The van der Waals surface area contributed by atoms with Gasteiger partial charge in [0.25, 0.3) is 5.69 Å². The summed E-state index contributed by atoms with van der Waals surface area (Å²) in [6, 6.07) is 5.61. The third-order valence-corrected chi connectivity index (χ3v) is 2.90. The van der Waals surface area contributed by atoms with Crippen molar-refractivity contribution in [2.24, 2.45) is 11.7 Å². The summed E-state index contributed by atoms with van der Waals surface area (Å²) < 4.78 is 0. The van der Waals surface area contributed by atoms with Gasteiger partial charge in [0.15, 0.2) is 0 Å². The van der Waals surface area contributed by atoms with E-state index >= 15 is 0 Å². The highest BCUT2D eigenvalue weighted by atomic mass is 16.6.